The van der Waals surface area contributed by atoms with Crippen LogP contribution in [0, 0.1) is 0 Å². The number of rotatable bonds is 2. The first-order valence-electron chi connectivity index (χ1n) is 5.72. The van der Waals surface area contributed by atoms with Crippen molar-refractivity contribution < 1.29 is 9.32 Å². The Kier molecular flexibility index (Phi) is 2.45. The summed E-state index contributed by atoms with van der Waals surface area (Å²) in [5.74, 6) is 0.0256. The zero-order valence-corrected chi connectivity index (χ0v) is 9.88. The maximum Gasteiger partial charge on any atom is 0.167 e. The third-order valence-electron chi connectivity index (χ3n) is 2.94. The van der Waals surface area contributed by atoms with E-state index in [1.54, 1.807) is 13.0 Å². The molecule has 0 aliphatic heterocycles. The minimum absolute atomic E-state index is 0.0256. The third kappa shape index (κ3) is 1.61. The highest BCUT2D eigenvalue weighted by atomic mass is 16.5. The van der Waals surface area contributed by atoms with Crippen molar-refractivity contribution in [2.24, 2.45) is 0 Å². The molecule has 0 spiro atoms. The van der Waals surface area contributed by atoms with Gasteiger partial charge < -0.3 is 4.52 Å². The van der Waals surface area contributed by atoms with Crippen molar-refractivity contribution in [3.05, 3.63) is 54.1 Å². The molecule has 1 aromatic heterocycles. The standard InChI is InChI=1S/C15H11NO2/c1-10(17)11-6-2-3-7-12(11)15-13-8-4-5-9-14(13)18-16-15/h2-9H,1H3. The van der Waals surface area contributed by atoms with Gasteiger partial charge in [0, 0.05) is 16.5 Å². The summed E-state index contributed by atoms with van der Waals surface area (Å²) >= 11 is 0. The number of benzene rings is 2. The van der Waals surface area contributed by atoms with Gasteiger partial charge in [-0.2, -0.15) is 0 Å². The molecular formula is C15H11NO2. The Labute approximate surface area is 104 Å². The molecule has 3 rings (SSSR count). The smallest absolute Gasteiger partial charge is 0.167 e. The summed E-state index contributed by atoms with van der Waals surface area (Å²) in [4.78, 5) is 11.6. The van der Waals surface area contributed by atoms with Crippen LogP contribution in [0.1, 0.15) is 17.3 Å². The zero-order valence-electron chi connectivity index (χ0n) is 9.88. The maximum atomic E-state index is 11.6. The Morgan fingerprint density at radius 2 is 1.78 bits per heavy atom. The largest absolute Gasteiger partial charge is 0.356 e. The molecule has 0 bridgehead atoms. The van der Waals surface area contributed by atoms with E-state index in [4.69, 9.17) is 4.52 Å². The van der Waals surface area contributed by atoms with Gasteiger partial charge in [0.1, 0.15) is 5.69 Å². The highest BCUT2D eigenvalue weighted by molar-refractivity contribution is 6.04. The van der Waals surface area contributed by atoms with Crippen molar-refractivity contribution in [3.8, 4) is 11.3 Å². The van der Waals surface area contributed by atoms with Gasteiger partial charge in [-0.1, -0.05) is 41.6 Å². The van der Waals surface area contributed by atoms with Crippen LogP contribution < -0.4 is 0 Å². The maximum absolute atomic E-state index is 11.6. The molecule has 0 N–H and O–H groups in total. The number of para-hydroxylation sites is 1. The normalized spacial score (nSPS) is 10.7. The summed E-state index contributed by atoms with van der Waals surface area (Å²) in [5, 5.41) is 5.00. The highest BCUT2D eigenvalue weighted by Crippen LogP contribution is 2.30. The van der Waals surface area contributed by atoms with Crippen molar-refractivity contribution in [2.75, 3.05) is 0 Å². The van der Waals surface area contributed by atoms with Crippen LogP contribution in [0.25, 0.3) is 22.2 Å². The zero-order chi connectivity index (χ0) is 12.5. The summed E-state index contributed by atoms with van der Waals surface area (Å²) in [6, 6.07) is 15.1. The minimum atomic E-state index is 0.0256. The number of nitrogens with zero attached hydrogens (tertiary/aromatic N) is 1. The molecule has 0 unspecified atom stereocenters. The van der Waals surface area contributed by atoms with E-state index in [-0.39, 0.29) is 5.78 Å². The number of hydrogen-bond donors (Lipinski definition) is 0. The molecule has 18 heavy (non-hydrogen) atoms. The fourth-order valence-corrected chi connectivity index (χ4v) is 2.08. The first-order valence-corrected chi connectivity index (χ1v) is 5.72. The van der Waals surface area contributed by atoms with Gasteiger partial charge in [0.2, 0.25) is 0 Å². The number of carbonyl (C=O) groups excluding carboxylic acids is 1. The summed E-state index contributed by atoms with van der Waals surface area (Å²) < 4.78 is 5.28. The van der Waals surface area contributed by atoms with Crippen LogP contribution in [-0.4, -0.2) is 10.9 Å². The van der Waals surface area contributed by atoms with Crippen molar-refractivity contribution in [1.82, 2.24) is 5.16 Å². The van der Waals surface area contributed by atoms with Gasteiger partial charge >= 0.3 is 0 Å². The fraction of sp³-hybridized carbons (Fsp3) is 0.0667. The molecule has 0 saturated carbocycles. The quantitative estimate of drug-likeness (QED) is 0.638. The second-order valence-corrected chi connectivity index (χ2v) is 4.13. The Morgan fingerprint density at radius 1 is 1.06 bits per heavy atom. The molecule has 0 radical (unpaired) electrons. The van der Waals surface area contributed by atoms with Crippen LogP contribution in [0.3, 0.4) is 0 Å². The molecule has 0 fully saturated rings. The van der Waals surface area contributed by atoms with E-state index < -0.39 is 0 Å². The van der Waals surface area contributed by atoms with Crippen molar-refractivity contribution in [1.29, 1.82) is 0 Å². The van der Waals surface area contributed by atoms with Gasteiger partial charge in [-0.05, 0) is 19.1 Å². The van der Waals surface area contributed by atoms with E-state index >= 15 is 0 Å². The summed E-state index contributed by atoms with van der Waals surface area (Å²) in [7, 11) is 0. The minimum Gasteiger partial charge on any atom is -0.356 e. The molecule has 2 aromatic carbocycles. The van der Waals surface area contributed by atoms with Gasteiger partial charge in [0.15, 0.2) is 11.4 Å². The summed E-state index contributed by atoms with van der Waals surface area (Å²) in [6.07, 6.45) is 0. The van der Waals surface area contributed by atoms with E-state index in [0.717, 1.165) is 22.2 Å². The van der Waals surface area contributed by atoms with Crippen LogP contribution in [0.4, 0.5) is 0 Å². The van der Waals surface area contributed by atoms with Crippen LogP contribution in [0.15, 0.2) is 53.1 Å². The molecular weight excluding hydrogens is 226 g/mol. The van der Waals surface area contributed by atoms with Crippen molar-refractivity contribution in [3.63, 3.8) is 0 Å². The molecule has 0 aliphatic carbocycles. The topological polar surface area (TPSA) is 43.1 Å². The second kappa shape index (κ2) is 4.11. The molecule has 3 aromatic rings. The Bertz CT molecular complexity index is 728. The lowest BCUT2D eigenvalue weighted by atomic mass is 10.00. The molecule has 0 amide bonds. The van der Waals surface area contributed by atoms with E-state index in [2.05, 4.69) is 5.16 Å². The SMILES string of the molecule is CC(=O)c1ccccc1-c1noc2ccccc12. The molecule has 0 aliphatic rings. The van der Waals surface area contributed by atoms with Crippen LogP contribution in [0.5, 0.6) is 0 Å². The van der Waals surface area contributed by atoms with E-state index in [1.807, 2.05) is 42.5 Å². The predicted molar refractivity (Wildman–Crippen MR) is 69.4 cm³/mol. The van der Waals surface area contributed by atoms with Crippen LogP contribution >= 0.6 is 0 Å². The summed E-state index contributed by atoms with van der Waals surface area (Å²) in [6.45, 7) is 1.56. The lowest BCUT2D eigenvalue weighted by Crippen LogP contribution is -1.95. The Morgan fingerprint density at radius 3 is 2.61 bits per heavy atom. The number of carbonyl (C=O) groups is 1. The van der Waals surface area contributed by atoms with Gasteiger partial charge in [-0.3, -0.25) is 4.79 Å². The summed E-state index contributed by atoms with van der Waals surface area (Å²) in [5.41, 5.74) is 2.92. The van der Waals surface area contributed by atoms with Gasteiger partial charge in [-0.15, -0.1) is 0 Å². The van der Waals surface area contributed by atoms with E-state index in [0.29, 0.717) is 5.56 Å². The van der Waals surface area contributed by atoms with Crippen LogP contribution in [-0.2, 0) is 0 Å². The first kappa shape index (κ1) is 10.7. The number of Topliss-reactive ketones (excluding diaryl/α,β-unsaturated/α-hetero) is 1. The predicted octanol–water partition coefficient (Wildman–Crippen LogP) is 3.70. The molecule has 3 nitrogen and oxygen atoms in total. The average Bonchev–Trinajstić information content (AvgIpc) is 2.82. The van der Waals surface area contributed by atoms with Crippen molar-refractivity contribution in [2.45, 2.75) is 6.92 Å². The molecule has 0 saturated heterocycles. The lowest BCUT2D eigenvalue weighted by molar-refractivity contribution is 0.101. The third-order valence-corrected chi connectivity index (χ3v) is 2.94. The monoisotopic (exact) mass is 237 g/mol. The van der Waals surface area contributed by atoms with Crippen LogP contribution in [0.2, 0.25) is 0 Å². The molecule has 88 valence electrons. The number of ketones is 1. The Balaban J connectivity index is 2.30. The van der Waals surface area contributed by atoms with E-state index in [1.165, 1.54) is 0 Å². The van der Waals surface area contributed by atoms with Crippen molar-refractivity contribution >= 4 is 16.8 Å². The number of aromatic nitrogens is 1. The highest BCUT2D eigenvalue weighted by Gasteiger charge is 2.14. The van der Waals surface area contributed by atoms with E-state index in [9.17, 15) is 4.79 Å². The molecule has 1 heterocycles. The van der Waals surface area contributed by atoms with Gasteiger partial charge in [-0.25, -0.2) is 0 Å². The number of fused-ring (bicyclic) bond motifs is 1. The lowest BCUT2D eigenvalue weighted by Gasteiger charge is -2.03. The molecule has 0 atom stereocenters. The molecule has 3 heteroatoms. The average molecular weight is 237 g/mol. The van der Waals surface area contributed by atoms with Gasteiger partial charge in [0.05, 0.1) is 0 Å². The number of hydrogen-bond acceptors (Lipinski definition) is 3. The second-order valence-electron chi connectivity index (χ2n) is 4.13. The van der Waals surface area contributed by atoms with Gasteiger partial charge in [0.25, 0.3) is 0 Å². The Hall–Kier alpha value is -2.42. The first-order chi connectivity index (χ1) is 8.77. The fourth-order valence-electron chi connectivity index (χ4n) is 2.08.